The van der Waals surface area contributed by atoms with Crippen molar-refractivity contribution in [3.8, 4) is 5.75 Å². The van der Waals surface area contributed by atoms with E-state index >= 15 is 0 Å². The number of phenolic OH excluding ortho intramolecular Hbond substituents is 1. The Morgan fingerprint density at radius 1 is 1.47 bits per heavy atom. The molecule has 0 bridgehead atoms. The summed E-state index contributed by atoms with van der Waals surface area (Å²) in [6.45, 7) is 2.03. The number of nitrogens with two attached hydrogens (primary N) is 1. The zero-order valence-corrected chi connectivity index (χ0v) is 9.97. The van der Waals surface area contributed by atoms with Crippen LogP contribution in [0.5, 0.6) is 5.75 Å². The summed E-state index contributed by atoms with van der Waals surface area (Å²) in [5, 5.41) is 9.98. The predicted octanol–water partition coefficient (Wildman–Crippen LogP) is 2.49. The summed E-state index contributed by atoms with van der Waals surface area (Å²) >= 11 is 1.68. The van der Waals surface area contributed by atoms with Gasteiger partial charge in [-0.25, -0.2) is 0 Å². The minimum absolute atomic E-state index is 0.0314. The van der Waals surface area contributed by atoms with Crippen LogP contribution in [0.15, 0.2) is 23.1 Å². The summed E-state index contributed by atoms with van der Waals surface area (Å²) in [6.07, 6.45) is 4.22. The van der Waals surface area contributed by atoms with Crippen molar-refractivity contribution in [1.82, 2.24) is 0 Å². The van der Waals surface area contributed by atoms with Crippen LogP contribution in [0.3, 0.4) is 0 Å². The summed E-state index contributed by atoms with van der Waals surface area (Å²) in [4.78, 5) is 1.16. The van der Waals surface area contributed by atoms with Gasteiger partial charge in [-0.3, -0.25) is 0 Å². The first-order chi connectivity index (χ1) is 7.12. The average molecular weight is 223 g/mol. The molecule has 0 saturated heterocycles. The molecule has 82 valence electrons. The molecule has 0 amide bonds. The van der Waals surface area contributed by atoms with Gasteiger partial charge in [0.05, 0.1) is 0 Å². The van der Waals surface area contributed by atoms with Gasteiger partial charge in [-0.05, 0) is 38.2 Å². The fourth-order valence-electron chi connectivity index (χ4n) is 2.26. The highest BCUT2D eigenvalue weighted by Gasteiger charge is 2.50. The Kier molecular flexibility index (Phi) is 2.69. The van der Waals surface area contributed by atoms with E-state index in [1.165, 1.54) is 0 Å². The van der Waals surface area contributed by atoms with Gasteiger partial charge in [0.25, 0.3) is 0 Å². The van der Waals surface area contributed by atoms with Gasteiger partial charge < -0.3 is 10.8 Å². The molecular formula is C12H17NOS. The summed E-state index contributed by atoms with van der Waals surface area (Å²) in [6, 6.07) is 5.82. The predicted molar refractivity (Wildman–Crippen MR) is 64.4 cm³/mol. The Labute approximate surface area is 94.9 Å². The molecule has 1 saturated carbocycles. The Morgan fingerprint density at radius 2 is 2.13 bits per heavy atom. The number of phenols is 1. The number of rotatable bonds is 3. The molecule has 0 heterocycles. The second kappa shape index (κ2) is 3.72. The fraction of sp³-hybridized carbons (Fsp3) is 0.500. The van der Waals surface area contributed by atoms with Crippen molar-refractivity contribution in [2.24, 2.45) is 5.73 Å². The zero-order valence-electron chi connectivity index (χ0n) is 9.16. The summed E-state index contributed by atoms with van der Waals surface area (Å²) < 4.78 is 0. The topological polar surface area (TPSA) is 46.2 Å². The van der Waals surface area contributed by atoms with Crippen LogP contribution < -0.4 is 5.73 Å². The average Bonchev–Trinajstić information content (AvgIpc) is 2.98. The molecule has 2 rings (SSSR count). The molecule has 3 N–H and O–H groups in total. The fourth-order valence-corrected chi connectivity index (χ4v) is 2.98. The third kappa shape index (κ3) is 1.64. The first kappa shape index (κ1) is 10.8. The molecule has 1 fully saturated rings. The lowest BCUT2D eigenvalue weighted by Crippen LogP contribution is -2.32. The minimum atomic E-state index is 0.0314. The van der Waals surface area contributed by atoms with E-state index in [2.05, 4.69) is 6.07 Å². The second-order valence-corrected chi connectivity index (χ2v) is 5.15. The van der Waals surface area contributed by atoms with Crippen LogP contribution in [0.25, 0.3) is 0 Å². The number of hydrogen-bond acceptors (Lipinski definition) is 3. The summed E-state index contributed by atoms with van der Waals surface area (Å²) in [5.74, 6) is 0.400. The van der Waals surface area contributed by atoms with E-state index < -0.39 is 0 Å². The largest absolute Gasteiger partial charge is 0.508 e. The molecule has 0 aliphatic heterocycles. The second-order valence-electron chi connectivity index (χ2n) is 4.30. The maximum atomic E-state index is 9.98. The Bertz CT molecular complexity index is 372. The van der Waals surface area contributed by atoms with Gasteiger partial charge in [0.15, 0.2) is 0 Å². The molecule has 0 spiro atoms. The molecule has 1 unspecified atom stereocenters. The van der Waals surface area contributed by atoms with E-state index in [1.807, 2.05) is 19.2 Å². The van der Waals surface area contributed by atoms with Crippen LogP contribution >= 0.6 is 11.8 Å². The lowest BCUT2D eigenvalue weighted by molar-refractivity contribution is 0.442. The lowest BCUT2D eigenvalue weighted by Gasteiger charge is -2.23. The lowest BCUT2D eigenvalue weighted by atomic mass is 9.89. The first-order valence-electron chi connectivity index (χ1n) is 5.24. The van der Waals surface area contributed by atoms with Crippen molar-refractivity contribution in [3.63, 3.8) is 0 Å². The summed E-state index contributed by atoms with van der Waals surface area (Å²) in [7, 11) is 0. The van der Waals surface area contributed by atoms with Gasteiger partial charge in [0.1, 0.15) is 5.75 Å². The normalized spacial score (nSPS) is 19.9. The quantitative estimate of drug-likeness (QED) is 0.774. The van der Waals surface area contributed by atoms with Crippen molar-refractivity contribution in [3.05, 3.63) is 23.8 Å². The molecule has 1 aromatic carbocycles. The molecule has 0 radical (unpaired) electrons. The number of benzene rings is 1. The Hall–Kier alpha value is -0.670. The summed E-state index contributed by atoms with van der Waals surface area (Å²) in [5.41, 5.74) is 7.13. The van der Waals surface area contributed by atoms with Gasteiger partial charge >= 0.3 is 0 Å². The third-order valence-corrected chi connectivity index (χ3v) is 4.16. The zero-order chi connectivity index (χ0) is 11.1. The molecule has 2 nitrogen and oxygen atoms in total. The van der Waals surface area contributed by atoms with Crippen molar-refractivity contribution in [1.29, 1.82) is 0 Å². The molecule has 1 aliphatic carbocycles. The highest BCUT2D eigenvalue weighted by atomic mass is 32.2. The number of thioether (sulfide) groups is 1. The van der Waals surface area contributed by atoms with Gasteiger partial charge in [-0.2, -0.15) is 0 Å². The smallest absolute Gasteiger partial charge is 0.120 e. The third-order valence-electron chi connectivity index (χ3n) is 3.38. The van der Waals surface area contributed by atoms with Crippen LogP contribution in [-0.4, -0.2) is 17.4 Å². The Morgan fingerprint density at radius 3 is 2.60 bits per heavy atom. The van der Waals surface area contributed by atoms with Crippen LogP contribution in [0, 0.1) is 0 Å². The van der Waals surface area contributed by atoms with Crippen LogP contribution in [-0.2, 0) is 5.41 Å². The Balaban J connectivity index is 2.51. The molecule has 1 aromatic rings. The molecule has 1 atom stereocenters. The van der Waals surface area contributed by atoms with Crippen LogP contribution in [0.1, 0.15) is 25.3 Å². The van der Waals surface area contributed by atoms with Gasteiger partial charge in [0.2, 0.25) is 0 Å². The molecule has 1 aliphatic rings. The van der Waals surface area contributed by atoms with Crippen molar-refractivity contribution >= 4 is 11.8 Å². The van der Waals surface area contributed by atoms with E-state index in [-0.39, 0.29) is 11.5 Å². The van der Waals surface area contributed by atoms with Gasteiger partial charge in [0, 0.05) is 21.9 Å². The van der Waals surface area contributed by atoms with E-state index in [0.29, 0.717) is 5.75 Å². The maximum absolute atomic E-state index is 9.98. The highest BCUT2D eigenvalue weighted by Crippen LogP contribution is 2.55. The maximum Gasteiger partial charge on any atom is 0.120 e. The minimum Gasteiger partial charge on any atom is -0.508 e. The number of aromatic hydroxyl groups is 1. The molecule has 0 aromatic heterocycles. The van der Waals surface area contributed by atoms with Crippen molar-refractivity contribution < 1.29 is 5.11 Å². The van der Waals surface area contributed by atoms with E-state index in [4.69, 9.17) is 5.73 Å². The first-order valence-corrected chi connectivity index (χ1v) is 6.46. The molecular weight excluding hydrogens is 206 g/mol. The van der Waals surface area contributed by atoms with Gasteiger partial charge in [-0.1, -0.05) is 6.07 Å². The van der Waals surface area contributed by atoms with Crippen molar-refractivity contribution in [2.75, 3.05) is 6.26 Å². The highest BCUT2D eigenvalue weighted by molar-refractivity contribution is 7.98. The SMILES string of the molecule is CSc1cccc(O)c1C1(C(C)N)CC1. The standard InChI is InChI=1S/C12H17NOS/c1-8(13)12(6-7-12)11-9(14)4-3-5-10(11)15-2/h3-5,8,14H,6-7,13H2,1-2H3. The van der Waals surface area contributed by atoms with E-state index in [0.717, 1.165) is 23.3 Å². The van der Waals surface area contributed by atoms with Crippen LogP contribution in [0.2, 0.25) is 0 Å². The van der Waals surface area contributed by atoms with Gasteiger partial charge in [-0.15, -0.1) is 11.8 Å². The van der Waals surface area contributed by atoms with E-state index in [9.17, 15) is 5.11 Å². The molecule has 15 heavy (non-hydrogen) atoms. The van der Waals surface area contributed by atoms with Crippen molar-refractivity contribution in [2.45, 2.75) is 36.1 Å². The number of hydrogen-bond donors (Lipinski definition) is 2. The molecule has 3 heteroatoms. The van der Waals surface area contributed by atoms with Crippen LogP contribution in [0.4, 0.5) is 0 Å². The van der Waals surface area contributed by atoms with E-state index in [1.54, 1.807) is 17.8 Å². The monoisotopic (exact) mass is 223 g/mol.